The van der Waals surface area contributed by atoms with Gasteiger partial charge in [0.15, 0.2) is 0 Å². The lowest BCUT2D eigenvalue weighted by Crippen LogP contribution is -2.15. The molecule has 0 bridgehead atoms. The van der Waals surface area contributed by atoms with Gasteiger partial charge in [0.2, 0.25) is 0 Å². The average Bonchev–Trinajstić information content (AvgIpc) is 2.36. The Morgan fingerprint density at radius 3 is 2.35 bits per heavy atom. The van der Waals surface area contributed by atoms with Crippen LogP contribution in [0.25, 0.3) is 0 Å². The minimum Gasteiger partial charge on any atom is -0.373 e. The SMILES string of the molecule is CNc1cc(C(F)(F)F)cc(NCCCCN(C)C)n1. The van der Waals surface area contributed by atoms with Crippen molar-refractivity contribution in [1.29, 1.82) is 0 Å². The molecule has 4 nitrogen and oxygen atoms in total. The van der Waals surface area contributed by atoms with Crippen molar-refractivity contribution in [3.8, 4) is 0 Å². The van der Waals surface area contributed by atoms with Gasteiger partial charge in [-0.25, -0.2) is 4.98 Å². The van der Waals surface area contributed by atoms with Crippen molar-refractivity contribution in [2.75, 3.05) is 44.9 Å². The molecular formula is C13H21F3N4. The Balaban J connectivity index is 2.61. The molecule has 1 aromatic heterocycles. The van der Waals surface area contributed by atoms with Crippen molar-refractivity contribution < 1.29 is 13.2 Å². The van der Waals surface area contributed by atoms with Gasteiger partial charge in [0, 0.05) is 13.6 Å². The molecule has 2 N–H and O–H groups in total. The summed E-state index contributed by atoms with van der Waals surface area (Å²) in [6, 6.07) is 2.03. The van der Waals surface area contributed by atoms with E-state index in [0.717, 1.165) is 31.5 Å². The predicted octanol–water partition coefficient (Wildman–Crippen LogP) is 2.90. The predicted molar refractivity (Wildman–Crippen MR) is 75.1 cm³/mol. The molecule has 20 heavy (non-hydrogen) atoms. The highest BCUT2D eigenvalue weighted by atomic mass is 19.4. The lowest BCUT2D eigenvalue weighted by atomic mass is 10.2. The molecule has 114 valence electrons. The molecule has 0 aromatic carbocycles. The summed E-state index contributed by atoms with van der Waals surface area (Å²) in [4.78, 5) is 6.14. The van der Waals surface area contributed by atoms with Crippen LogP contribution >= 0.6 is 0 Å². The molecule has 1 aromatic rings. The van der Waals surface area contributed by atoms with Crippen LogP contribution in [0.15, 0.2) is 12.1 Å². The number of pyridine rings is 1. The molecule has 0 aliphatic rings. The van der Waals surface area contributed by atoms with E-state index >= 15 is 0 Å². The van der Waals surface area contributed by atoms with Crippen LogP contribution in [-0.2, 0) is 6.18 Å². The van der Waals surface area contributed by atoms with E-state index in [2.05, 4.69) is 20.5 Å². The normalized spacial score (nSPS) is 11.8. The second kappa shape index (κ2) is 7.33. The maximum absolute atomic E-state index is 12.7. The van der Waals surface area contributed by atoms with Crippen molar-refractivity contribution in [1.82, 2.24) is 9.88 Å². The van der Waals surface area contributed by atoms with Crippen LogP contribution < -0.4 is 10.6 Å². The van der Waals surface area contributed by atoms with E-state index in [0.29, 0.717) is 6.54 Å². The molecule has 1 heterocycles. The summed E-state index contributed by atoms with van der Waals surface area (Å²) < 4.78 is 38.2. The highest BCUT2D eigenvalue weighted by Crippen LogP contribution is 2.31. The van der Waals surface area contributed by atoms with E-state index in [9.17, 15) is 13.2 Å². The van der Waals surface area contributed by atoms with Gasteiger partial charge in [-0.3, -0.25) is 0 Å². The molecule has 1 rings (SSSR count). The number of hydrogen-bond donors (Lipinski definition) is 2. The maximum Gasteiger partial charge on any atom is 0.416 e. The lowest BCUT2D eigenvalue weighted by molar-refractivity contribution is -0.137. The van der Waals surface area contributed by atoms with E-state index < -0.39 is 11.7 Å². The van der Waals surface area contributed by atoms with Crippen molar-refractivity contribution in [3.05, 3.63) is 17.7 Å². The number of aromatic nitrogens is 1. The fourth-order valence-corrected chi connectivity index (χ4v) is 1.68. The largest absolute Gasteiger partial charge is 0.416 e. The van der Waals surface area contributed by atoms with E-state index in [1.165, 1.54) is 0 Å². The van der Waals surface area contributed by atoms with Crippen LogP contribution in [0.5, 0.6) is 0 Å². The summed E-state index contributed by atoms with van der Waals surface area (Å²) in [7, 11) is 5.52. The van der Waals surface area contributed by atoms with E-state index in [1.807, 2.05) is 14.1 Å². The van der Waals surface area contributed by atoms with Crippen molar-refractivity contribution >= 4 is 11.6 Å². The van der Waals surface area contributed by atoms with Gasteiger partial charge < -0.3 is 15.5 Å². The monoisotopic (exact) mass is 290 g/mol. The summed E-state index contributed by atoms with van der Waals surface area (Å²) in [5, 5.41) is 5.57. The zero-order chi connectivity index (χ0) is 15.2. The minimum absolute atomic E-state index is 0.204. The first kappa shape index (κ1) is 16.6. The molecule has 0 aliphatic heterocycles. The summed E-state index contributed by atoms with van der Waals surface area (Å²) in [5.41, 5.74) is -0.701. The van der Waals surface area contributed by atoms with E-state index in [1.54, 1.807) is 7.05 Å². The Labute approximate surface area is 117 Å². The molecular weight excluding hydrogens is 269 g/mol. The number of nitrogens with zero attached hydrogens (tertiary/aromatic N) is 2. The second-order valence-corrected chi connectivity index (χ2v) is 4.81. The Morgan fingerprint density at radius 2 is 1.80 bits per heavy atom. The highest BCUT2D eigenvalue weighted by Gasteiger charge is 2.31. The number of alkyl halides is 3. The molecule has 0 atom stereocenters. The Bertz CT molecular complexity index is 419. The van der Waals surface area contributed by atoms with Crippen LogP contribution in [0, 0.1) is 0 Å². The van der Waals surface area contributed by atoms with Crippen LogP contribution in [0.4, 0.5) is 24.8 Å². The fraction of sp³-hybridized carbons (Fsp3) is 0.615. The summed E-state index contributed by atoms with van der Waals surface area (Å²) in [6.45, 7) is 1.56. The van der Waals surface area contributed by atoms with Gasteiger partial charge in [-0.05, 0) is 45.6 Å². The number of rotatable bonds is 7. The molecule has 0 saturated carbocycles. The number of halogens is 3. The average molecular weight is 290 g/mol. The van der Waals surface area contributed by atoms with Crippen molar-refractivity contribution in [2.24, 2.45) is 0 Å². The zero-order valence-electron chi connectivity index (χ0n) is 12.0. The summed E-state index contributed by atoms with van der Waals surface area (Å²) in [5.74, 6) is 0.449. The van der Waals surface area contributed by atoms with E-state index in [-0.39, 0.29) is 11.6 Å². The third kappa shape index (κ3) is 5.64. The van der Waals surface area contributed by atoms with Crippen LogP contribution in [0.2, 0.25) is 0 Å². The van der Waals surface area contributed by atoms with Crippen LogP contribution in [0.3, 0.4) is 0 Å². The molecule has 0 unspecified atom stereocenters. The van der Waals surface area contributed by atoms with Gasteiger partial charge in [0.1, 0.15) is 11.6 Å². The second-order valence-electron chi connectivity index (χ2n) is 4.81. The Hall–Kier alpha value is -1.50. The smallest absolute Gasteiger partial charge is 0.373 e. The van der Waals surface area contributed by atoms with Gasteiger partial charge >= 0.3 is 6.18 Å². The molecule has 0 saturated heterocycles. The Kier molecular flexibility index (Phi) is 6.06. The first-order valence-corrected chi connectivity index (χ1v) is 6.48. The lowest BCUT2D eigenvalue weighted by Gasteiger charge is -2.13. The van der Waals surface area contributed by atoms with Crippen LogP contribution in [0.1, 0.15) is 18.4 Å². The van der Waals surface area contributed by atoms with Gasteiger partial charge in [0.05, 0.1) is 5.56 Å². The quantitative estimate of drug-likeness (QED) is 0.758. The molecule has 0 spiro atoms. The molecule has 7 heteroatoms. The topological polar surface area (TPSA) is 40.2 Å². The van der Waals surface area contributed by atoms with Gasteiger partial charge in [-0.2, -0.15) is 13.2 Å². The first-order valence-electron chi connectivity index (χ1n) is 6.48. The number of hydrogen-bond acceptors (Lipinski definition) is 4. The minimum atomic E-state index is -4.37. The zero-order valence-corrected chi connectivity index (χ0v) is 12.0. The summed E-state index contributed by atoms with van der Waals surface area (Å²) >= 11 is 0. The number of unbranched alkanes of at least 4 members (excludes halogenated alkanes) is 1. The maximum atomic E-state index is 12.7. The van der Waals surface area contributed by atoms with Gasteiger partial charge in [-0.15, -0.1) is 0 Å². The van der Waals surface area contributed by atoms with Gasteiger partial charge in [0.25, 0.3) is 0 Å². The van der Waals surface area contributed by atoms with Crippen molar-refractivity contribution in [3.63, 3.8) is 0 Å². The molecule has 0 aliphatic carbocycles. The molecule has 0 amide bonds. The first-order chi connectivity index (χ1) is 9.32. The standard InChI is InChI=1S/C13H21F3N4/c1-17-11-8-10(13(14,15)16)9-12(19-11)18-6-4-5-7-20(2)3/h8-9H,4-7H2,1-3H3,(H2,17,18,19). The van der Waals surface area contributed by atoms with Crippen LogP contribution in [-0.4, -0.2) is 44.1 Å². The number of nitrogens with one attached hydrogen (secondary N) is 2. The third-order valence-electron chi connectivity index (χ3n) is 2.75. The fourth-order valence-electron chi connectivity index (χ4n) is 1.68. The van der Waals surface area contributed by atoms with E-state index in [4.69, 9.17) is 0 Å². The molecule has 0 fully saturated rings. The van der Waals surface area contributed by atoms with Crippen molar-refractivity contribution in [2.45, 2.75) is 19.0 Å². The molecule has 0 radical (unpaired) electrons. The number of anilines is 2. The third-order valence-corrected chi connectivity index (χ3v) is 2.75. The summed E-state index contributed by atoms with van der Waals surface area (Å²) in [6.07, 6.45) is -2.50. The van der Waals surface area contributed by atoms with Gasteiger partial charge in [-0.1, -0.05) is 0 Å². The Morgan fingerprint density at radius 1 is 1.15 bits per heavy atom. The highest BCUT2D eigenvalue weighted by molar-refractivity contribution is 5.49.